The van der Waals surface area contributed by atoms with E-state index >= 15 is 0 Å². The minimum Gasteiger partial charge on any atom is -0.497 e. The number of nitrogens with two attached hydrogens (primary N) is 1. The van der Waals surface area contributed by atoms with Gasteiger partial charge in [0, 0.05) is 60.5 Å². The van der Waals surface area contributed by atoms with Crippen LogP contribution in [0.4, 0.5) is 11.6 Å². The van der Waals surface area contributed by atoms with Gasteiger partial charge in [0.15, 0.2) is 0 Å². The van der Waals surface area contributed by atoms with Gasteiger partial charge < -0.3 is 20.3 Å². The lowest BCUT2D eigenvalue weighted by molar-refractivity contribution is -0.118. The first-order valence-electron chi connectivity index (χ1n) is 10.7. The van der Waals surface area contributed by atoms with Crippen molar-refractivity contribution in [3.05, 3.63) is 60.0 Å². The Morgan fingerprint density at radius 3 is 2.58 bits per heavy atom. The first kappa shape index (κ1) is 20.9. The van der Waals surface area contributed by atoms with Gasteiger partial charge in [-0.05, 0) is 36.6 Å². The Bertz CT molecular complexity index is 1240. The molecule has 0 bridgehead atoms. The average molecular weight is 444 g/mol. The number of ether oxygens (including phenoxy) is 1. The van der Waals surface area contributed by atoms with Gasteiger partial charge in [-0.1, -0.05) is 6.07 Å². The summed E-state index contributed by atoms with van der Waals surface area (Å²) in [5.74, 6) is 0.478. The van der Waals surface area contributed by atoms with Crippen LogP contribution in [0.25, 0.3) is 11.3 Å². The zero-order valence-corrected chi connectivity index (χ0v) is 18.5. The zero-order valence-electron chi connectivity index (χ0n) is 18.5. The third kappa shape index (κ3) is 3.75. The molecule has 0 radical (unpaired) electrons. The van der Waals surface area contributed by atoms with Crippen LogP contribution < -0.4 is 15.4 Å². The first-order chi connectivity index (χ1) is 15.9. The van der Waals surface area contributed by atoms with E-state index in [0.29, 0.717) is 17.3 Å². The van der Waals surface area contributed by atoms with Crippen molar-refractivity contribution < 1.29 is 14.3 Å². The number of aromatic nitrogens is 3. The highest BCUT2D eigenvalue weighted by atomic mass is 16.5. The van der Waals surface area contributed by atoms with Gasteiger partial charge >= 0.3 is 0 Å². The second-order valence-corrected chi connectivity index (χ2v) is 8.58. The molecule has 2 aromatic heterocycles. The van der Waals surface area contributed by atoms with Gasteiger partial charge in [0.05, 0.1) is 19.3 Å². The minimum absolute atomic E-state index is 0.0897. The van der Waals surface area contributed by atoms with E-state index in [-0.39, 0.29) is 17.9 Å². The van der Waals surface area contributed by atoms with Crippen molar-refractivity contribution in [1.29, 1.82) is 0 Å². The molecule has 1 aliphatic carbocycles. The maximum atomic E-state index is 12.8. The van der Waals surface area contributed by atoms with Crippen molar-refractivity contribution >= 4 is 23.5 Å². The number of nitrogens with zero attached hydrogens (tertiary/aromatic N) is 5. The lowest BCUT2D eigenvalue weighted by Gasteiger charge is -2.19. The predicted molar refractivity (Wildman–Crippen MR) is 122 cm³/mol. The molecule has 2 N–H and O–H groups in total. The summed E-state index contributed by atoms with van der Waals surface area (Å²) in [4.78, 5) is 41.0. The lowest BCUT2D eigenvalue weighted by atomic mass is 9.97. The summed E-state index contributed by atoms with van der Waals surface area (Å²) >= 11 is 0. The number of hydrogen-bond donors (Lipinski definition) is 1. The maximum absolute atomic E-state index is 12.8. The molecule has 1 spiro atoms. The lowest BCUT2D eigenvalue weighted by Crippen LogP contribution is -2.35. The first-order valence-corrected chi connectivity index (χ1v) is 10.7. The Morgan fingerprint density at radius 1 is 1.15 bits per heavy atom. The third-order valence-electron chi connectivity index (χ3n) is 6.30. The molecule has 0 unspecified atom stereocenters. The fourth-order valence-corrected chi connectivity index (χ4v) is 4.38. The topological polar surface area (TPSA) is 115 Å². The zero-order chi connectivity index (χ0) is 23.2. The van der Waals surface area contributed by atoms with Gasteiger partial charge in [0.25, 0.3) is 5.91 Å². The van der Waals surface area contributed by atoms with Gasteiger partial charge in [-0.15, -0.1) is 0 Å². The molecule has 168 valence electrons. The van der Waals surface area contributed by atoms with E-state index in [4.69, 9.17) is 10.5 Å². The smallest absolute Gasteiger partial charge is 0.254 e. The van der Waals surface area contributed by atoms with Crippen LogP contribution in [0.1, 0.15) is 28.8 Å². The number of methoxy groups -OCH3 is 1. The summed E-state index contributed by atoms with van der Waals surface area (Å²) in [6.45, 7) is 0.639. The highest BCUT2D eigenvalue weighted by molar-refractivity contribution is 5.97. The van der Waals surface area contributed by atoms with E-state index in [0.717, 1.165) is 36.3 Å². The number of primary amides is 1. The minimum atomic E-state index is -0.551. The van der Waals surface area contributed by atoms with E-state index in [1.54, 1.807) is 38.8 Å². The van der Waals surface area contributed by atoms with Crippen LogP contribution in [0, 0.1) is 0 Å². The second kappa shape index (κ2) is 7.84. The molecule has 1 saturated carbocycles. The fourth-order valence-electron chi connectivity index (χ4n) is 4.38. The molecule has 0 saturated heterocycles. The molecule has 9 heteroatoms. The van der Waals surface area contributed by atoms with Crippen molar-refractivity contribution in [2.24, 2.45) is 5.73 Å². The molecule has 0 atom stereocenters. The summed E-state index contributed by atoms with van der Waals surface area (Å²) in [5, 5.41) is 0. The number of benzene rings is 1. The molecule has 3 heterocycles. The summed E-state index contributed by atoms with van der Waals surface area (Å²) in [7, 11) is 3.18. The van der Waals surface area contributed by atoms with Crippen LogP contribution in [0.3, 0.4) is 0 Å². The summed E-state index contributed by atoms with van der Waals surface area (Å²) in [5.41, 5.74) is 9.48. The predicted octanol–water partition coefficient (Wildman–Crippen LogP) is 2.29. The van der Waals surface area contributed by atoms with Gasteiger partial charge in [-0.2, -0.15) is 0 Å². The standard InChI is InChI=1S/C24H24N6O3/c1-29(13-21(25)31)22(32)15-3-4-18-20(9-15)30(14-24(18)6-7-24)23-27-11-16(12-28-23)19-10-17(33-2)5-8-26-19/h3-5,8-12H,6-7,13-14H2,1-2H3,(H2,25,31). The van der Waals surface area contributed by atoms with Gasteiger partial charge in [0.2, 0.25) is 11.9 Å². The molecule has 2 amide bonds. The second-order valence-electron chi connectivity index (χ2n) is 8.58. The number of carbonyl (C=O) groups is 2. The van der Waals surface area contributed by atoms with Crippen LogP contribution >= 0.6 is 0 Å². The van der Waals surface area contributed by atoms with Crippen LogP contribution in [0.15, 0.2) is 48.9 Å². The van der Waals surface area contributed by atoms with Crippen molar-refractivity contribution in [2.45, 2.75) is 18.3 Å². The monoisotopic (exact) mass is 444 g/mol. The quantitative estimate of drug-likeness (QED) is 0.620. The third-order valence-corrected chi connectivity index (χ3v) is 6.30. The molecule has 33 heavy (non-hydrogen) atoms. The number of pyridine rings is 1. The number of fused-ring (bicyclic) bond motifs is 2. The molecule has 9 nitrogen and oxygen atoms in total. The average Bonchev–Trinajstić information content (AvgIpc) is 3.54. The fraction of sp³-hybridized carbons (Fsp3) is 0.292. The molecular weight excluding hydrogens is 420 g/mol. The van der Waals surface area contributed by atoms with Crippen LogP contribution in [0.5, 0.6) is 5.75 Å². The molecule has 5 rings (SSSR count). The number of carbonyl (C=O) groups excluding carboxylic acids is 2. The van der Waals surface area contributed by atoms with Crippen molar-refractivity contribution in [2.75, 3.05) is 32.1 Å². The molecule has 1 fully saturated rings. The molecule has 2 aliphatic rings. The Balaban J connectivity index is 1.46. The van der Waals surface area contributed by atoms with E-state index in [9.17, 15) is 9.59 Å². The summed E-state index contributed by atoms with van der Waals surface area (Å²) in [6.07, 6.45) is 7.37. The highest BCUT2D eigenvalue weighted by Gasteiger charge is 2.52. The molecule has 3 aromatic rings. The number of amides is 2. The number of rotatable bonds is 6. The Morgan fingerprint density at radius 2 is 1.91 bits per heavy atom. The summed E-state index contributed by atoms with van der Waals surface area (Å²) < 4.78 is 5.27. The highest BCUT2D eigenvalue weighted by Crippen LogP contribution is 2.57. The number of hydrogen-bond acceptors (Lipinski definition) is 7. The van der Waals surface area contributed by atoms with Crippen LogP contribution in [-0.2, 0) is 10.2 Å². The van der Waals surface area contributed by atoms with E-state index in [2.05, 4.69) is 19.9 Å². The van der Waals surface area contributed by atoms with E-state index in [1.165, 1.54) is 10.5 Å². The van der Waals surface area contributed by atoms with Crippen LogP contribution in [-0.4, -0.2) is 58.9 Å². The van der Waals surface area contributed by atoms with Gasteiger partial charge in [-0.3, -0.25) is 14.6 Å². The molecular formula is C24H24N6O3. The van der Waals surface area contributed by atoms with Crippen LogP contribution in [0.2, 0.25) is 0 Å². The van der Waals surface area contributed by atoms with Crippen molar-refractivity contribution in [1.82, 2.24) is 19.9 Å². The molecule has 1 aromatic carbocycles. The van der Waals surface area contributed by atoms with Crippen molar-refractivity contribution in [3.63, 3.8) is 0 Å². The van der Waals surface area contributed by atoms with E-state index < -0.39 is 5.91 Å². The number of anilines is 2. The maximum Gasteiger partial charge on any atom is 0.254 e. The number of likely N-dealkylation sites (N-methyl/N-ethyl adjacent to an activating group) is 1. The van der Waals surface area contributed by atoms with Crippen molar-refractivity contribution in [3.8, 4) is 17.0 Å². The normalized spacial score (nSPS) is 15.3. The Labute approximate surface area is 191 Å². The summed E-state index contributed by atoms with van der Waals surface area (Å²) in [6, 6.07) is 9.32. The van der Waals surface area contributed by atoms with E-state index in [1.807, 2.05) is 24.3 Å². The molecule has 1 aliphatic heterocycles. The Kier molecular flexibility index (Phi) is 4.96. The van der Waals surface area contributed by atoms with Gasteiger partial charge in [-0.25, -0.2) is 9.97 Å². The largest absolute Gasteiger partial charge is 0.497 e. The Hall–Kier alpha value is -4.01. The SMILES string of the molecule is COc1ccnc(-c2cnc(N3CC4(CC4)c4ccc(C(=O)N(C)CC(N)=O)cc43)nc2)c1. The van der Waals surface area contributed by atoms with Gasteiger partial charge in [0.1, 0.15) is 5.75 Å².